The molecule has 0 aliphatic carbocycles. The Bertz CT molecular complexity index is 884. The highest BCUT2D eigenvalue weighted by Gasteiger charge is 2.57. The van der Waals surface area contributed by atoms with Gasteiger partial charge < -0.3 is 15.4 Å². The first kappa shape index (κ1) is 17.5. The Morgan fingerprint density at radius 1 is 1.33 bits per heavy atom. The molecule has 1 saturated heterocycles. The number of carbonyl (C=O) groups is 2. The summed E-state index contributed by atoms with van der Waals surface area (Å²) < 4.78 is 5.46. The van der Waals surface area contributed by atoms with Crippen LogP contribution in [0.2, 0.25) is 0 Å². The predicted octanol–water partition coefficient (Wildman–Crippen LogP) is 2.00. The molecule has 8 heteroatoms. The summed E-state index contributed by atoms with van der Waals surface area (Å²) >= 11 is 1.51. The Morgan fingerprint density at radius 2 is 2.11 bits per heavy atom. The molecule has 2 N–H and O–H groups in total. The second-order valence-electron chi connectivity index (χ2n) is 6.74. The monoisotopic (exact) mass is 384 g/mol. The number of aliphatic imine (C=N–C) groups is 1. The van der Waals surface area contributed by atoms with Crippen LogP contribution < -0.4 is 5.73 Å². The Labute approximate surface area is 161 Å². The molecule has 2 amide bonds. The molecule has 140 valence electrons. The van der Waals surface area contributed by atoms with E-state index in [1.54, 1.807) is 11.9 Å². The van der Waals surface area contributed by atoms with Crippen LogP contribution in [0, 0.1) is 5.92 Å². The van der Waals surface area contributed by atoms with Crippen LogP contribution in [0.15, 0.2) is 52.8 Å². The van der Waals surface area contributed by atoms with Gasteiger partial charge in [0.2, 0.25) is 5.91 Å². The molecule has 1 fully saturated rings. The number of nitrogens with zero attached hydrogens (tertiary/aromatic N) is 3. The smallest absolute Gasteiger partial charge is 0.410 e. The van der Waals surface area contributed by atoms with Gasteiger partial charge >= 0.3 is 6.09 Å². The third-order valence-corrected chi connectivity index (χ3v) is 6.15. The molecule has 2 aliphatic heterocycles. The molecule has 2 atom stereocenters. The minimum Gasteiger partial charge on any atom is -0.445 e. The third-order valence-electron chi connectivity index (χ3n) is 5.11. The van der Waals surface area contributed by atoms with E-state index in [9.17, 15) is 9.59 Å². The van der Waals surface area contributed by atoms with E-state index in [1.807, 2.05) is 47.8 Å². The zero-order valence-corrected chi connectivity index (χ0v) is 15.7. The fourth-order valence-corrected chi connectivity index (χ4v) is 4.56. The van der Waals surface area contributed by atoms with Gasteiger partial charge in [-0.3, -0.25) is 9.69 Å². The van der Waals surface area contributed by atoms with Crippen molar-refractivity contribution in [2.24, 2.45) is 16.6 Å². The Morgan fingerprint density at radius 3 is 2.81 bits per heavy atom. The van der Waals surface area contributed by atoms with E-state index in [2.05, 4.69) is 4.99 Å². The number of benzene rings is 1. The van der Waals surface area contributed by atoms with Crippen molar-refractivity contribution in [2.45, 2.75) is 12.1 Å². The fraction of sp³-hybridized carbons (Fsp3) is 0.316. The summed E-state index contributed by atoms with van der Waals surface area (Å²) in [5.41, 5.74) is 6.07. The molecule has 0 bridgehead atoms. The molecule has 2 unspecified atom stereocenters. The third kappa shape index (κ3) is 2.95. The van der Waals surface area contributed by atoms with Gasteiger partial charge in [0.25, 0.3) is 0 Å². The predicted molar refractivity (Wildman–Crippen MR) is 102 cm³/mol. The fourth-order valence-electron chi connectivity index (χ4n) is 3.64. The van der Waals surface area contributed by atoms with E-state index in [0.717, 1.165) is 10.4 Å². The van der Waals surface area contributed by atoms with Crippen molar-refractivity contribution in [3.05, 3.63) is 58.3 Å². The van der Waals surface area contributed by atoms with Crippen LogP contribution in [0.25, 0.3) is 0 Å². The summed E-state index contributed by atoms with van der Waals surface area (Å²) in [5, 5.41) is 1.94. The first-order chi connectivity index (χ1) is 13.0. The number of ether oxygens (including phenoxy) is 1. The van der Waals surface area contributed by atoms with Crippen molar-refractivity contribution in [3.8, 4) is 0 Å². The zero-order valence-electron chi connectivity index (χ0n) is 14.9. The highest BCUT2D eigenvalue weighted by atomic mass is 32.1. The molecule has 0 radical (unpaired) electrons. The molecule has 1 aromatic heterocycles. The van der Waals surface area contributed by atoms with Crippen LogP contribution in [-0.4, -0.2) is 47.9 Å². The standard InChI is InChI=1S/C19H20N4O3S/c1-22-16(24)14-10-23(18(25)26-11-13-6-3-2-4-7-13)12-19(14,21-17(22)20)15-8-5-9-27-15/h2-9,14H,10-12H2,1H3,(H2,20,21). The second kappa shape index (κ2) is 6.70. The van der Waals surface area contributed by atoms with E-state index in [4.69, 9.17) is 10.5 Å². The van der Waals surface area contributed by atoms with E-state index in [0.29, 0.717) is 0 Å². The van der Waals surface area contributed by atoms with Crippen LogP contribution >= 0.6 is 11.3 Å². The lowest BCUT2D eigenvalue weighted by Gasteiger charge is -2.36. The van der Waals surface area contributed by atoms with Gasteiger partial charge in [0.05, 0.1) is 12.5 Å². The van der Waals surface area contributed by atoms with E-state index in [-0.39, 0.29) is 31.6 Å². The lowest BCUT2D eigenvalue weighted by Crippen LogP contribution is -2.54. The van der Waals surface area contributed by atoms with Crippen LogP contribution in [0.4, 0.5) is 4.79 Å². The number of hydrogen-bond donors (Lipinski definition) is 1. The molecule has 0 saturated carbocycles. The molecular weight excluding hydrogens is 364 g/mol. The summed E-state index contributed by atoms with van der Waals surface area (Å²) in [6.45, 7) is 0.712. The first-order valence-electron chi connectivity index (χ1n) is 8.64. The van der Waals surface area contributed by atoms with E-state index in [1.165, 1.54) is 16.2 Å². The number of nitrogens with two attached hydrogens (primary N) is 1. The lowest BCUT2D eigenvalue weighted by molar-refractivity contribution is -0.132. The number of fused-ring (bicyclic) bond motifs is 1. The van der Waals surface area contributed by atoms with Gasteiger partial charge in [-0.15, -0.1) is 11.3 Å². The minimum absolute atomic E-state index is 0.130. The Balaban J connectivity index is 1.58. The van der Waals surface area contributed by atoms with Gasteiger partial charge in [-0.05, 0) is 17.0 Å². The van der Waals surface area contributed by atoms with Crippen molar-refractivity contribution in [1.29, 1.82) is 0 Å². The van der Waals surface area contributed by atoms with Crippen molar-refractivity contribution < 1.29 is 14.3 Å². The summed E-state index contributed by atoms with van der Waals surface area (Å²) in [5.74, 6) is -0.434. The Hall–Kier alpha value is -2.87. The maximum Gasteiger partial charge on any atom is 0.410 e. The summed E-state index contributed by atoms with van der Waals surface area (Å²) in [4.78, 5) is 34.0. The molecule has 4 rings (SSSR count). The molecule has 27 heavy (non-hydrogen) atoms. The quantitative estimate of drug-likeness (QED) is 0.877. The largest absolute Gasteiger partial charge is 0.445 e. The van der Waals surface area contributed by atoms with Crippen molar-refractivity contribution in [2.75, 3.05) is 20.1 Å². The normalized spacial score (nSPS) is 24.6. The van der Waals surface area contributed by atoms with Gasteiger partial charge in [-0.25, -0.2) is 9.79 Å². The van der Waals surface area contributed by atoms with Gasteiger partial charge in [0.1, 0.15) is 12.1 Å². The zero-order chi connectivity index (χ0) is 19.0. The van der Waals surface area contributed by atoms with Crippen LogP contribution in [0.5, 0.6) is 0 Å². The summed E-state index contributed by atoms with van der Waals surface area (Å²) in [7, 11) is 1.61. The first-order valence-corrected chi connectivity index (χ1v) is 9.52. The van der Waals surface area contributed by atoms with Gasteiger partial charge in [-0.1, -0.05) is 36.4 Å². The number of carbonyl (C=O) groups excluding carboxylic acids is 2. The number of hydrogen-bond acceptors (Lipinski definition) is 6. The SMILES string of the molecule is CN1C(=O)C2CN(C(=O)OCc3ccccc3)CC2(c2cccs2)N=C1N. The number of amides is 2. The topological polar surface area (TPSA) is 88.2 Å². The van der Waals surface area contributed by atoms with Crippen LogP contribution in [-0.2, 0) is 21.7 Å². The van der Waals surface area contributed by atoms with Crippen LogP contribution in [0.3, 0.4) is 0 Å². The highest BCUT2D eigenvalue weighted by molar-refractivity contribution is 7.10. The molecule has 7 nitrogen and oxygen atoms in total. The molecular formula is C19H20N4O3S. The van der Waals surface area contributed by atoms with Gasteiger partial charge in [-0.2, -0.15) is 0 Å². The van der Waals surface area contributed by atoms with Crippen molar-refractivity contribution >= 4 is 29.3 Å². The second-order valence-corrected chi connectivity index (χ2v) is 7.69. The average molecular weight is 384 g/mol. The summed E-state index contributed by atoms with van der Waals surface area (Å²) in [6.07, 6.45) is -0.451. The Kier molecular flexibility index (Phi) is 4.35. The maximum absolute atomic E-state index is 12.9. The maximum atomic E-state index is 12.9. The minimum atomic E-state index is -0.840. The number of rotatable bonds is 3. The molecule has 2 aliphatic rings. The number of guanidine groups is 1. The molecule has 1 aromatic carbocycles. The number of likely N-dealkylation sites (tertiary alicyclic amines) is 1. The molecule has 0 spiro atoms. The summed E-state index contributed by atoms with van der Waals surface area (Å²) in [6, 6.07) is 13.3. The number of thiophene rings is 1. The lowest BCUT2D eigenvalue weighted by atomic mass is 9.84. The van der Waals surface area contributed by atoms with Gasteiger partial charge in [0, 0.05) is 18.5 Å². The van der Waals surface area contributed by atoms with Crippen LogP contribution in [0.1, 0.15) is 10.4 Å². The highest BCUT2D eigenvalue weighted by Crippen LogP contribution is 2.45. The molecule has 2 aromatic rings. The van der Waals surface area contributed by atoms with Gasteiger partial charge in [0.15, 0.2) is 5.96 Å². The van der Waals surface area contributed by atoms with E-state index < -0.39 is 17.6 Å². The average Bonchev–Trinajstić information content (AvgIpc) is 3.34. The van der Waals surface area contributed by atoms with E-state index >= 15 is 0 Å². The van der Waals surface area contributed by atoms with Crippen molar-refractivity contribution in [3.63, 3.8) is 0 Å². The molecule has 3 heterocycles. The van der Waals surface area contributed by atoms with Crippen molar-refractivity contribution in [1.82, 2.24) is 9.80 Å².